The van der Waals surface area contributed by atoms with Crippen molar-refractivity contribution >= 4 is 17.5 Å². The number of carbonyl (C=O) groups excluding carboxylic acids is 2. The zero-order chi connectivity index (χ0) is 20.1. The molecule has 2 N–H and O–H groups in total. The molecule has 1 aliphatic heterocycles. The van der Waals surface area contributed by atoms with E-state index in [4.69, 9.17) is 10.7 Å². The van der Waals surface area contributed by atoms with Gasteiger partial charge in [0.05, 0.1) is 17.9 Å². The molecular weight excluding hydrogens is 370 g/mol. The molecule has 9 heteroatoms. The Labute approximate surface area is 167 Å². The zero-order valence-electron chi connectivity index (χ0n) is 16.3. The Morgan fingerprint density at radius 2 is 2.07 bits per heavy atom. The van der Waals surface area contributed by atoms with Crippen LogP contribution in [0, 0.1) is 6.92 Å². The summed E-state index contributed by atoms with van der Waals surface area (Å²) in [6.07, 6.45) is 8.28. The summed E-state index contributed by atoms with van der Waals surface area (Å²) in [4.78, 5) is 35.6. The standard InChI is InChI=1S/C20H23N7O2/c1-12-24-15-4-2-3-5-16(15)26(12)13-7-9-25(11-13)20(29)17-6-8-22-19-14(18(21)28)10-23-27(17)19/h6,8,10,13H,2-5,7,9,11H2,1H3,(H2,21,28). The van der Waals surface area contributed by atoms with Gasteiger partial charge in [-0.15, -0.1) is 0 Å². The molecule has 150 valence electrons. The van der Waals surface area contributed by atoms with E-state index >= 15 is 0 Å². The highest BCUT2D eigenvalue weighted by Crippen LogP contribution is 2.30. The van der Waals surface area contributed by atoms with Crippen molar-refractivity contribution in [1.82, 2.24) is 29.0 Å². The lowest BCUT2D eigenvalue weighted by atomic mass is 10.0. The predicted molar refractivity (Wildman–Crippen MR) is 105 cm³/mol. The Bertz CT molecular complexity index is 1130. The maximum atomic E-state index is 13.2. The number of imidazole rings is 1. The van der Waals surface area contributed by atoms with Crippen LogP contribution in [0.1, 0.15) is 63.4 Å². The van der Waals surface area contributed by atoms with E-state index in [0.29, 0.717) is 24.4 Å². The van der Waals surface area contributed by atoms with Gasteiger partial charge < -0.3 is 15.2 Å². The monoisotopic (exact) mass is 393 g/mol. The van der Waals surface area contributed by atoms with Crippen LogP contribution in [-0.4, -0.2) is 54.0 Å². The van der Waals surface area contributed by atoms with Gasteiger partial charge in [0.2, 0.25) is 0 Å². The highest BCUT2D eigenvalue weighted by atomic mass is 16.2. The van der Waals surface area contributed by atoms with E-state index in [9.17, 15) is 9.59 Å². The molecule has 4 heterocycles. The molecular formula is C20H23N7O2. The lowest BCUT2D eigenvalue weighted by Gasteiger charge is -2.21. The maximum absolute atomic E-state index is 13.2. The van der Waals surface area contributed by atoms with Crippen LogP contribution in [0.2, 0.25) is 0 Å². The molecule has 0 bridgehead atoms. The number of nitrogens with two attached hydrogens (primary N) is 1. The summed E-state index contributed by atoms with van der Waals surface area (Å²) in [7, 11) is 0. The van der Waals surface area contributed by atoms with Gasteiger partial charge in [0.25, 0.3) is 11.8 Å². The van der Waals surface area contributed by atoms with Gasteiger partial charge in [-0.2, -0.15) is 5.10 Å². The number of amides is 2. The number of fused-ring (bicyclic) bond motifs is 2. The third kappa shape index (κ3) is 2.80. The molecule has 2 aliphatic rings. The fourth-order valence-electron chi connectivity index (χ4n) is 4.71. The number of rotatable bonds is 3. The van der Waals surface area contributed by atoms with Gasteiger partial charge in [0, 0.05) is 25.0 Å². The van der Waals surface area contributed by atoms with Crippen molar-refractivity contribution in [3.8, 4) is 0 Å². The summed E-state index contributed by atoms with van der Waals surface area (Å²) < 4.78 is 3.75. The lowest BCUT2D eigenvalue weighted by molar-refractivity contribution is 0.0778. The fraction of sp³-hybridized carbons (Fsp3) is 0.450. The number of carbonyl (C=O) groups is 2. The lowest BCUT2D eigenvalue weighted by Crippen LogP contribution is -2.31. The number of aromatic nitrogens is 5. The Morgan fingerprint density at radius 1 is 1.24 bits per heavy atom. The average molecular weight is 393 g/mol. The Hall–Kier alpha value is -3.23. The van der Waals surface area contributed by atoms with Gasteiger partial charge in [0.1, 0.15) is 17.1 Å². The maximum Gasteiger partial charge on any atom is 0.272 e. The van der Waals surface area contributed by atoms with Crippen LogP contribution in [0.15, 0.2) is 18.5 Å². The number of likely N-dealkylation sites (tertiary alicyclic amines) is 1. The molecule has 0 radical (unpaired) electrons. The smallest absolute Gasteiger partial charge is 0.272 e. The minimum absolute atomic E-state index is 0.120. The minimum atomic E-state index is -0.612. The molecule has 1 atom stereocenters. The average Bonchev–Trinajstić information content (AvgIpc) is 3.42. The second kappa shape index (κ2) is 6.68. The van der Waals surface area contributed by atoms with E-state index in [-0.39, 0.29) is 17.5 Å². The van der Waals surface area contributed by atoms with Gasteiger partial charge >= 0.3 is 0 Å². The number of primary amides is 1. The topological polar surface area (TPSA) is 111 Å². The van der Waals surface area contributed by atoms with E-state index in [1.807, 2.05) is 4.90 Å². The number of aryl methyl sites for hydroxylation is 2. The quantitative estimate of drug-likeness (QED) is 0.721. The van der Waals surface area contributed by atoms with Crippen molar-refractivity contribution in [2.24, 2.45) is 5.73 Å². The van der Waals surface area contributed by atoms with E-state index in [0.717, 1.165) is 25.1 Å². The van der Waals surface area contributed by atoms with Crippen molar-refractivity contribution in [2.45, 2.75) is 45.1 Å². The third-order valence-electron chi connectivity index (χ3n) is 6.05. The molecule has 29 heavy (non-hydrogen) atoms. The molecule has 0 aromatic carbocycles. The number of hydrogen-bond donors (Lipinski definition) is 1. The molecule has 3 aromatic heterocycles. The summed E-state index contributed by atoms with van der Waals surface area (Å²) in [5, 5.41) is 4.16. The zero-order valence-corrected chi connectivity index (χ0v) is 16.3. The van der Waals surface area contributed by atoms with Crippen LogP contribution in [0.4, 0.5) is 0 Å². The first-order valence-corrected chi connectivity index (χ1v) is 10.0. The summed E-state index contributed by atoms with van der Waals surface area (Å²) in [5.41, 5.74) is 8.84. The molecule has 0 spiro atoms. The molecule has 1 saturated heterocycles. The Morgan fingerprint density at radius 3 is 2.90 bits per heavy atom. The van der Waals surface area contributed by atoms with Gasteiger partial charge in [-0.1, -0.05) is 0 Å². The van der Waals surface area contributed by atoms with Gasteiger partial charge in [0.15, 0.2) is 5.65 Å². The normalized spacial score (nSPS) is 18.9. The minimum Gasteiger partial charge on any atom is -0.365 e. The molecule has 0 saturated carbocycles. The molecule has 9 nitrogen and oxygen atoms in total. The molecule has 5 rings (SSSR count). The first kappa shape index (κ1) is 17.8. The van der Waals surface area contributed by atoms with Crippen molar-refractivity contribution in [1.29, 1.82) is 0 Å². The van der Waals surface area contributed by atoms with Gasteiger partial charge in [-0.05, 0) is 45.1 Å². The van der Waals surface area contributed by atoms with Crippen LogP contribution >= 0.6 is 0 Å². The molecule has 3 aromatic rings. The first-order chi connectivity index (χ1) is 14.0. The van der Waals surface area contributed by atoms with E-state index in [1.54, 1.807) is 6.07 Å². The van der Waals surface area contributed by atoms with Crippen LogP contribution in [-0.2, 0) is 12.8 Å². The second-order valence-electron chi connectivity index (χ2n) is 7.81. The summed E-state index contributed by atoms with van der Waals surface area (Å²) >= 11 is 0. The highest BCUT2D eigenvalue weighted by Gasteiger charge is 2.32. The van der Waals surface area contributed by atoms with Gasteiger partial charge in [-0.3, -0.25) is 9.59 Å². The highest BCUT2D eigenvalue weighted by molar-refractivity contribution is 5.99. The molecule has 1 aliphatic carbocycles. The molecule has 2 amide bonds. The predicted octanol–water partition coefficient (Wildman–Crippen LogP) is 1.30. The number of hydrogen-bond acceptors (Lipinski definition) is 5. The largest absolute Gasteiger partial charge is 0.365 e. The second-order valence-corrected chi connectivity index (χ2v) is 7.81. The van der Waals surface area contributed by atoms with Crippen LogP contribution in [0.25, 0.3) is 5.65 Å². The Kier molecular flexibility index (Phi) is 4.11. The summed E-state index contributed by atoms with van der Waals surface area (Å²) in [6.45, 7) is 3.37. The van der Waals surface area contributed by atoms with E-state index in [2.05, 4.69) is 21.6 Å². The Balaban J connectivity index is 1.43. The van der Waals surface area contributed by atoms with Crippen molar-refractivity contribution in [3.63, 3.8) is 0 Å². The third-order valence-corrected chi connectivity index (χ3v) is 6.05. The summed E-state index contributed by atoms with van der Waals surface area (Å²) in [5.74, 6) is 0.310. The summed E-state index contributed by atoms with van der Waals surface area (Å²) in [6, 6.07) is 1.87. The molecule has 1 fully saturated rings. The van der Waals surface area contributed by atoms with Crippen LogP contribution < -0.4 is 5.73 Å². The first-order valence-electron chi connectivity index (χ1n) is 10.0. The van der Waals surface area contributed by atoms with E-state index < -0.39 is 5.91 Å². The SMILES string of the molecule is Cc1nc2c(n1C1CCN(C(=O)c3ccnc4c(C(N)=O)cnn34)C1)CCCC2. The van der Waals surface area contributed by atoms with E-state index in [1.165, 1.54) is 41.1 Å². The van der Waals surface area contributed by atoms with Crippen molar-refractivity contribution in [3.05, 3.63) is 46.9 Å². The molecule has 1 unspecified atom stereocenters. The number of nitrogens with zero attached hydrogens (tertiary/aromatic N) is 6. The van der Waals surface area contributed by atoms with Crippen molar-refractivity contribution in [2.75, 3.05) is 13.1 Å². The fourth-order valence-corrected chi connectivity index (χ4v) is 4.71. The van der Waals surface area contributed by atoms with Crippen LogP contribution in [0.3, 0.4) is 0 Å². The van der Waals surface area contributed by atoms with Crippen molar-refractivity contribution < 1.29 is 9.59 Å². The van der Waals surface area contributed by atoms with Crippen LogP contribution in [0.5, 0.6) is 0 Å². The van der Waals surface area contributed by atoms with Gasteiger partial charge in [-0.25, -0.2) is 14.5 Å².